The lowest BCUT2D eigenvalue weighted by atomic mass is 10.1. The zero-order valence-electron chi connectivity index (χ0n) is 17.6. The molecule has 0 fully saturated rings. The number of hydrogen-bond acceptors (Lipinski definition) is 7. The Bertz CT molecular complexity index is 1540. The van der Waals surface area contributed by atoms with Crippen LogP contribution in [-0.4, -0.2) is 41.8 Å². The lowest BCUT2D eigenvalue weighted by Crippen LogP contribution is -2.32. The van der Waals surface area contributed by atoms with Crippen LogP contribution >= 0.6 is 11.3 Å². The Kier molecular flexibility index (Phi) is 5.60. The number of nitrogens with one attached hydrogen (secondary N) is 4. The summed E-state index contributed by atoms with van der Waals surface area (Å²) in [5.74, 6) is 0.405. The first-order valence-corrected chi connectivity index (χ1v) is 11.1. The van der Waals surface area contributed by atoms with E-state index in [2.05, 4.69) is 20.8 Å². The van der Waals surface area contributed by atoms with Crippen LogP contribution in [0, 0.1) is 0 Å². The van der Waals surface area contributed by atoms with Crippen molar-refractivity contribution in [3.63, 3.8) is 0 Å². The number of hydrogen-bond donors (Lipinski definition) is 4. The number of fused-ring (bicyclic) bond motifs is 2. The molecule has 5 rings (SSSR count). The number of carbonyl (C=O) groups is 2. The van der Waals surface area contributed by atoms with Crippen molar-refractivity contribution in [3.05, 3.63) is 74.1 Å². The first kappa shape index (κ1) is 21.5. The molecule has 2 aromatic heterocycles. The molecule has 10 nitrogen and oxygen atoms in total. The monoisotopic (exact) mass is 478 g/mol. The second-order valence-electron chi connectivity index (χ2n) is 7.39. The van der Waals surface area contributed by atoms with Gasteiger partial charge in [0, 0.05) is 4.88 Å². The zero-order chi connectivity index (χ0) is 23.7. The molecule has 0 bridgehead atoms. The van der Waals surface area contributed by atoms with E-state index < -0.39 is 22.9 Å². The van der Waals surface area contributed by atoms with Crippen LogP contribution in [-0.2, 0) is 4.79 Å². The highest BCUT2D eigenvalue weighted by Gasteiger charge is 2.16. The summed E-state index contributed by atoms with van der Waals surface area (Å²) in [7, 11) is 0. The van der Waals surface area contributed by atoms with E-state index in [-0.39, 0.29) is 23.0 Å². The van der Waals surface area contributed by atoms with Gasteiger partial charge in [0.25, 0.3) is 17.0 Å². The summed E-state index contributed by atoms with van der Waals surface area (Å²) in [4.78, 5) is 50.3. The predicted molar refractivity (Wildman–Crippen MR) is 127 cm³/mol. The van der Waals surface area contributed by atoms with E-state index in [1.165, 1.54) is 23.5 Å². The van der Waals surface area contributed by atoms with Gasteiger partial charge in [0.1, 0.15) is 13.2 Å². The van der Waals surface area contributed by atoms with Gasteiger partial charge in [-0.3, -0.25) is 29.4 Å². The summed E-state index contributed by atoms with van der Waals surface area (Å²) in [5.41, 5.74) is 0.0497. The Labute approximate surface area is 195 Å². The molecule has 3 heterocycles. The highest BCUT2D eigenvalue weighted by atomic mass is 32.1. The van der Waals surface area contributed by atoms with E-state index >= 15 is 0 Å². The normalized spacial score (nSPS) is 12.4. The van der Waals surface area contributed by atoms with Crippen LogP contribution in [0.15, 0.2) is 58.1 Å². The molecular weight excluding hydrogens is 460 g/mol. The van der Waals surface area contributed by atoms with Gasteiger partial charge in [0.15, 0.2) is 11.5 Å². The van der Waals surface area contributed by atoms with E-state index in [0.717, 1.165) is 10.4 Å². The van der Waals surface area contributed by atoms with Gasteiger partial charge in [-0.25, -0.2) is 0 Å². The Balaban J connectivity index is 1.25. The average molecular weight is 478 g/mol. The minimum Gasteiger partial charge on any atom is -0.486 e. The fraction of sp³-hybridized carbons (Fsp3) is 0.130. The molecule has 0 atom stereocenters. The van der Waals surface area contributed by atoms with E-state index in [9.17, 15) is 19.2 Å². The highest BCUT2D eigenvalue weighted by molar-refractivity contribution is 7.17. The zero-order valence-corrected chi connectivity index (χ0v) is 18.4. The van der Waals surface area contributed by atoms with Gasteiger partial charge < -0.3 is 20.1 Å². The standard InChI is InChI=1S/C23H18N4O6S/c28-19(25-14-3-1-2-13-20(14)23(31)27-26-21(13)29)11-24-22(30)18-7-6-17(34-18)12-4-5-15-16(10-12)33-9-8-32-15/h1-7,10H,8-9,11H2,(H,24,30)(H,25,28)(H,26,29)(H,27,31). The van der Waals surface area contributed by atoms with Crippen LogP contribution < -0.4 is 31.2 Å². The van der Waals surface area contributed by atoms with Gasteiger partial charge in [-0.2, -0.15) is 0 Å². The van der Waals surface area contributed by atoms with Gasteiger partial charge >= 0.3 is 0 Å². The molecular formula is C23H18N4O6S. The molecule has 0 saturated carbocycles. The number of amides is 2. The largest absolute Gasteiger partial charge is 0.486 e. The van der Waals surface area contributed by atoms with Gasteiger partial charge in [0.2, 0.25) is 5.91 Å². The molecule has 4 aromatic rings. The molecule has 0 unspecified atom stereocenters. The van der Waals surface area contributed by atoms with Crippen molar-refractivity contribution in [1.82, 2.24) is 15.5 Å². The molecule has 11 heteroatoms. The maximum absolute atomic E-state index is 12.6. The second kappa shape index (κ2) is 8.87. The van der Waals surface area contributed by atoms with Crippen molar-refractivity contribution < 1.29 is 19.1 Å². The van der Waals surface area contributed by atoms with Crippen molar-refractivity contribution in [2.24, 2.45) is 0 Å². The third-order valence-electron chi connectivity index (χ3n) is 5.17. The third-order valence-corrected chi connectivity index (χ3v) is 6.30. The number of benzene rings is 2. The van der Waals surface area contributed by atoms with E-state index in [0.29, 0.717) is 29.6 Å². The Morgan fingerprint density at radius 1 is 0.941 bits per heavy atom. The first-order chi connectivity index (χ1) is 16.5. The summed E-state index contributed by atoms with van der Waals surface area (Å²) < 4.78 is 11.1. The van der Waals surface area contributed by atoms with Crippen LogP contribution in [0.1, 0.15) is 9.67 Å². The maximum atomic E-state index is 12.6. The van der Waals surface area contributed by atoms with Crippen LogP contribution in [0.2, 0.25) is 0 Å². The van der Waals surface area contributed by atoms with Crippen molar-refractivity contribution in [2.75, 3.05) is 25.1 Å². The number of anilines is 1. The lowest BCUT2D eigenvalue weighted by molar-refractivity contribution is -0.115. The molecule has 1 aliphatic heterocycles. The van der Waals surface area contributed by atoms with Gasteiger partial charge in [-0.1, -0.05) is 6.07 Å². The molecule has 0 aliphatic carbocycles. The van der Waals surface area contributed by atoms with Crippen LogP contribution in [0.25, 0.3) is 21.2 Å². The third kappa shape index (κ3) is 4.16. The molecule has 4 N–H and O–H groups in total. The fourth-order valence-electron chi connectivity index (χ4n) is 3.59. The van der Waals surface area contributed by atoms with Crippen LogP contribution in [0.5, 0.6) is 11.5 Å². The van der Waals surface area contributed by atoms with Gasteiger partial charge in [-0.05, 0) is 48.0 Å². The molecule has 172 valence electrons. The second-order valence-corrected chi connectivity index (χ2v) is 8.47. The van der Waals surface area contributed by atoms with E-state index in [1.807, 2.05) is 24.3 Å². The summed E-state index contributed by atoms with van der Waals surface area (Å²) in [5, 5.41) is 9.82. The topological polar surface area (TPSA) is 142 Å². The quantitative estimate of drug-likeness (QED) is 0.346. The Hall–Kier alpha value is -4.38. The predicted octanol–water partition coefficient (Wildman–Crippen LogP) is 2.08. The summed E-state index contributed by atoms with van der Waals surface area (Å²) in [6, 6.07) is 13.6. The molecule has 2 amide bonds. The van der Waals surface area contributed by atoms with Crippen molar-refractivity contribution in [1.29, 1.82) is 0 Å². The fourth-order valence-corrected chi connectivity index (χ4v) is 4.51. The maximum Gasteiger partial charge on any atom is 0.272 e. The number of carbonyl (C=O) groups excluding carboxylic acids is 2. The number of aromatic nitrogens is 2. The van der Waals surface area contributed by atoms with Gasteiger partial charge in [0.05, 0.1) is 27.9 Å². The smallest absolute Gasteiger partial charge is 0.272 e. The van der Waals surface area contributed by atoms with E-state index in [4.69, 9.17) is 9.47 Å². The minimum atomic E-state index is -0.542. The Morgan fingerprint density at radius 3 is 2.59 bits per heavy atom. The highest BCUT2D eigenvalue weighted by Crippen LogP contribution is 2.36. The number of thiophene rings is 1. The molecule has 2 aromatic carbocycles. The lowest BCUT2D eigenvalue weighted by Gasteiger charge is -2.18. The SMILES string of the molecule is O=C(CNC(=O)c1ccc(-c2ccc3c(c2)OCCO3)s1)Nc1cccc2c(=O)[nH][nH]c(=O)c12. The van der Waals surface area contributed by atoms with Gasteiger partial charge in [-0.15, -0.1) is 11.3 Å². The number of H-pyrrole nitrogens is 2. The van der Waals surface area contributed by atoms with Crippen LogP contribution in [0.4, 0.5) is 5.69 Å². The number of ether oxygens (including phenoxy) is 2. The molecule has 0 saturated heterocycles. The molecule has 1 aliphatic rings. The summed E-state index contributed by atoms with van der Waals surface area (Å²) >= 11 is 1.28. The van der Waals surface area contributed by atoms with Crippen LogP contribution in [0.3, 0.4) is 0 Å². The molecule has 0 radical (unpaired) electrons. The van der Waals surface area contributed by atoms with E-state index in [1.54, 1.807) is 12.1 Å². The Morgan fingerprint density at radius 2 is 1.74 bits per heavy atom. The van der Waals surface area contributed by atoms with Crippen molar-refractivity contribution >= 4 is 39.6 Å². The number of rotatable bonds is 5. The van der Waals surface area contributed by atoms with Crippen molar-refractivity contribution in [3.8, 4) is 21.9 Å². The first-order valence-electron chi connectivity index (χ1n) is 10.3. The summed E-state index contributed by atoms with van der Waals surface area (Å²) in [6.07, 6.45) is 0. The number of aromatic amines is 2. The minimum absolute atomic E-state index is 0.0632. The van der Waals surface area contributed by atoms with Crippen molar-refractivity contribution in [2.45, 2.75) is 0 Å². The summed E-state index contributed by atoms with van der Waals surface area (Å²) in [6.45, 7) is 0.687. The average Bonchev–Trinajstić information content (AvgIpc) is 3.35. The molecule has 34 heavy (non-hydrogen) atoms. The molecule has 0 spiro atoms.